The molecule has 0 aromatic heterocycles. The molecule has 4 saturated carbocycles. The van der Waals surface area contributed by atoms with Crippen molar-refractivity contribution < 1.29 is 29.3 Å². The summed E-state index contributed by atoms with van der Waals surface area (Å²) < 4.78 is 11.3. The van der Waals surface area contributed by atoms with Crippen LogP contribution >= 0.6 is 0 Å². The molecule has 4 aliphatic rings. The largest absolute Gasteiger partial charge is 0.465 e. The van der Waals surface area contributed by atoms with Gasteiger partial charge >= 0.3 is 11.9 Å². The van der Waals surface area contributed by atoms with Crippen molar-refractivity contribution in [1.29, 1.82) is 0 Å². The van der Waals surface area contributed by atoms with E-state index in [1.54, 1.807) is 0 Å². The highest BCUT2D eigenvalue weighted by Crippen LogP contribution is 2.64. The lowest BCUT2D eigenvalue weighted by molar-refractivity contribution is -0.301. The summed E-state index contributed by atoms with van der Waals surface area (Å²) >= 11 is 0. The Morgan fingerprint density at radius 1 is 1.14 bits per heavy atom. The Labute approximate surface area is 168 Å². The summed E-state index contributed by atoms with van der Waals surface area (Å²) in [6.45, 7) is 9.62. The first-order valence-electron chi connectivity index (χ1n) is 10.7. The first kappa shape index (κ1) is 21.6. The molecular weight excluding hydrogens is 360 g/mol. The van der Waals surface area contributed by atoms with Crippen LogP contribution in [0.5, 0.6) is 0 Å². The predicted octanol–water partition coefficient (Wildman–Crippen LogP) is 2.98. The lowest BCUT2D eigenvalue weighted by atomic mass is 9.44. The smallest absolute Gasteiger partial charge is 0.311 e. The molecule has 6 heteroatoms. The molecule has 5 atom stereocenters. The minimum Gasteiger partial charge on any atom is -0.465 e. The number of ether oxygens (including phenoxy) is 2. The van der Waals surface area contributed by atoms with Crippen LogP contribution in [-0.4, -0.2) is 45.6 Å². The summed E-state index contributed by atoms with van der Waals surface area (Å²) in [5, 5.41) is 22.3. The van der Waals surface area contributed by atoms with E-state index in [9.17, 15) is 19.8 Å². The Kier molecular flexibility index (Phi) is 5.37. The Hall–Kier alpha value is -1.14. The van der Waals surface area contributed by atoms with Crippen LogP contribution in [0, 0.1) is 23.2 Å². The van der Waals surface area contributed by atoms with Gasteiger partial charge in [0.2, 0.25) is 0 Å². The Bertz CT molecular complexity index is 643. The third kappa shape index (κ3) is 3.70. The van der Waals surface area contributed by atoms with Crippen molar-refractivity contribution in [3.8, 4) is 0 Å². The third-order valence-corrected chi connectivity index (χ3v) is 7.31. The van der Waals surface area contributed by atoms with Gasteiger partial charge in [-0.3, -0.25) is 9.59 Å². The molecule has 0 spiro atoms. The maximum Gasteiger partial charge on any atom is 0.311 e. The highest BCUT2D eigenvalue weighted by molar-refractivity contribution is 5.76. The number of esters is 2. The zero-order valence-electron chi connectivity index (χ0n) is 17.9. The van der Waals surface area contributed by atoms with Crippen molar-refractivity contribution in [3.05, 3.63) is 0 Å². The summed E-state index contributed by atoms with van der Waals surface area (Å²) in [4.78, 5) is 24.7. The standard InChI is InChI=1S/C22H36O6/c1-6-19(4,5)18(24)27-8-7-16(23)28-22-11-15-9-20(25,13-22)12-21(26,10-15)17(22)14(2)3/h14-15,17,25-26H,6-13H2,1-5H3. The van der Waals surface area contributed by atoms with Gasteiger partial charge in [0.1, 0.15) is 12.2 Å². The molecule has 0 heterocycles. The Balaban J connectivity index is 1.68. The van der Waals surface area contributed by atoms with Crippen molar-refractivity contribution in [3.63, 3.8) is 0 Å². The van der Waals surface area contributed by atoms with E-state index in [1.807, 2.05) is 34.6 Å². The molecule has 0 aliphatic heterocycles. The topological polar surface area (TPSA) is 93.1 Å². The van der Waals surface area contributed by atoms with E-state index in [-0.39, 0.29) is 36.8 Å². The van der Waals surface area contributed by atoms with Gasteiger partial charge in [-0.15, -0.1) is 0 Å². The minimum absolute atomic E-state index is 0.0124. The van der Waals surface area contributed by atoms with Gasteiger partial charge in [-0.05, 0) is 51.4 Å². The van der Waals surface area contributed by atoms with Crippen LogP contribution in [0.25, 0.3) is 0 Å². The monoisotopic (exact) mass is 396 g/mol. The van der Waals surface area contributed by atoms with Crippen molar-refractivity contribution in [2.75, 3.05) is 6.61 Å². The summed E-state index contributed by atoms with van der Waals surface area (Å²) in [6, 6.07) is 0. The van der Waals surface area contributed by atoms with Gasteiger partial charge in [0.25, 0.3) is 0 Å². The summed E-state index contributed by atoms with van der Waals surface area (Å²) in [7, 11) is 0. The van der Waals surface area contributed by atoms with Crippen molar-refractivity contribution >= 4 is 11.9 Å². The average molecular weight is 397 g/mol. The molecule has 28 heavy (non-hydrogen) atoms. The second-order valence-corrected chi connectivity index (χ2v) is 10.5. The molecule has 0 saturated heterocycles. The van der Waals surface area contributed by atoms with Crippen molar-refractivity contribution in [1.82, 2.24) is 0 Å². The molecule has 0 radical (unpaired) electrons. The fourth-order valence-electron chi connectivity index (χ4n) is 6.40. The maximum atomic E-state index is 12.6. The van der Waals surface area contributed by atoms with Crippen LogP contribution in [0.1, 0.15) is 79.6 Å². The number of carbonyl (C=O) groups is 2. The third-order valence-electron chi connectivity index (χ3n) is 7.31. The molecule has 5 unspecified atom stereocenters. The van der Waals surface area contributed by atoms with Gasteiger partial charge in [-0.25, -0.2) is 0 Å². The number of rotatable bonds is 7. The zero-order chi connectivity index (χ0) is 21.0. The van der Waals surface area contributed by atoms with Gasteiger partial charge < -0.3 is 19.7 Å². The molecule has 4 fully saturated rings. The lowest BCUT2D eigenvalue weighted by Gasteiger charge is -2.67. The highest BCUT2D eigenvalue weighted by atomic mass is 16.6. The molecular formula is C22H36O6. The number of carbonyl (C=O) groups excluding carboxylic acids is 2. The average Bonchev–Trinajstić information content (AvgIpc) is 2.50. The molecule has 2 N–H and O–H groups in total. The van der Waals surface area contributed by atoms with E-state index in [4.69, 9.17) is 9.47 Å². The molecule has 4 bridgehead atoms. The maximum absolute atomic E-state index is 12.6. The minimum atomic E-state index is -0.986. The van der Waals surface area contributed by atoms with Gasteiger partial charge in [-0.1, -0.05) is 20.8 Å². The fraction of sp³-hybridized carbons (Fsp3) is 0.909. The van der Waals surface area contributed by atoms with Crippen LogP contribution in [0.15, 0.2) is 0 Å². The van der Waals surface area contributed by atoms with E-state index in [0.717, 1.165) is 0 Å². The number of hydrogen-bond donors (Lipinski definition) is 2. The molecule has 6 nitrogen and oxygen atoms in total. The van der Waals surface area contributed by atoms with Crippen LogP contribution in [0.4, 0.5) is 0 Å². The van der Waals surface area contributed by atoms with Crippen LogP contribution < -0.4 is 0 Å². The van der Waals surface area contributed by atoms with Crippen molar-refractivity contribution in [2.24, 2.45) is 23.2 Å². The van der Waals surface area contributed by atoms with E-state index in [1.165, 1.54) is 0 Å². The van der Waals surface area contributed by atoms with E-state index in [0.29, 0.717) is 38.5 Å². The van der Waals surface area contributed by atoms with E-state index < -0.39 is 28.2 Å². The SMILES string of the molecule is CCC(C)(C)C(=O)OCCC(=O)OC12CC3CC(O)(CC(O)(C3)C1C(C)C)C2. The first-order chi connectivity index (χ1) is 12.8. The van der Waals surface area contributed by atoms with Crippen LogP contribution in [0.2, 0.25) is 0 Å². The first-order valence-corrected chi connectivity index (χ1v) is 10.7. The molecule has 4 aliphatic carbocycles. The molecule has 0 amide bonds. The second-order valence-electron chi connectivity index (χ2n) is 10.5. The van der Waals surface area contributed by atoms with Gasteiger partial charge in [-0.2, -0.15) is 0 Å². The lowest BCUT2D eigenvalue weighted by Crippen LogP contribution is -2.73. The zero-order valence-corrected chi connectivity index (χ0v) is 17.9. The van der Waals surface area contributed by atoms with Gasteiger partial charge in [0, 0.05) is 18.8 Å². The number of hydrogen-bond acceptors (Lipinski definition) is 6. The Morgan fingerprint density at radius 2 is 1.82 bits per heavy atom. The molecule has 0 aromatic rings. The van der Waals surface area contributed by atoms with Crippen LogP contribution in [-0.2, 0) is 19.1 Å². The number of aliphatic hydroxyl groups is 2. The predicted molar refractivity (Wildman–Crippen MR) is 103 cm³/mol. The summed E-state index contributed by atoms with van der Waals surface area (Å²) in [6.07, 6.45) is 3.42. The molecule has 160 valence electrons. The normalized spacial score (nSPS) is 39.3. The van der Waals surface area contributed by atoms with Gasteiger partial charge in [0.15, 0.2) is 0 Å². The Morgan fingerprint density at radius 3 is 2.39 bits per heavy atom. The van der Waals surface area contributed by atoms with Crippen molar-refractivity contribution in [2.45, 2.75) is 96.4 Å². The van der Waals surface area contributed by atoms with E-state index >= 15 is 0 Å². The van der Waals surface area contributed by atoms with E-state index in [2.05, 4.69) is 0 Å². The highest BCUT2D eigenvalue weighted by Gasteiger charge is 2.70. The quantitative estimate of drug-likeness (QED) is 0.643. The molecule has 0 aromatic carbocycles. The summed E-state index contributed by atoms with van der Waals surface area (Å²) in [5.41, 5.74) is -3.35. The second kappa shape index (κ2) is 6.98. The summed E-state index contributed by atoms with van der Waals surface area (Å²) in [5.74, 6) is -0.640. The van der Waals surface area contributed by atoms with Crippen LogP contribution in [0.3, 0.4) is 0 Å². The molecule has 4 rings (SSSR count). The van der Waals surface area contributed by atoms with Gasteiger partial charge in [0.05, 0.1) is 23.0 Å². The fourth-order valence-corrected chi connectivity index (χ4v) is 6.40.